The van der Waals surface area contributed by atoms with E-state index < -0.39 is 38.6 Å². The Balaban J connectivity index is 2.42. The second-order valence-electron chi connectivity index (χ2n) is 3.83. The summed E-state index contributed by atoms with van der Waals surface area (Å²) in [6.07, 6.45) is -3.48. The van der Waals surface area contributed by atoms with E-state index in [0.717, 1.165) is 24.3 Å². The Morgan fingerprint density at radius 1 is 1.00 bits per heavy atom. The summed E-state index contributed by atoms with van der Waals surface area (Å²) >= 11 is 0. The van der Waals surface area contributed by atoms with E-state index in [1.807, 2.05) is 0 Å². The van der Waals surface area contributed by atoms with Crippen LogP contribution >= 0.6 is 0 Å². The predicted molar refractivity (Wildman–Crippen MR) is 60.7 cm³/mol. The number of carbonyl (C=O) groups excluding carboxylic acids is 2. The average molecular weight is 321 g/mol. The molecular weight excluding hydrogens is 315 g/mol. The highest BCUT2D eigenvalue weighted by Crippen LogP contribution is 2.34. The van der Waals surface area contributed by atoms with Crippen LogP contribution in [-0.4, -0.2) is 25.3 Å². The average Bonchev–Trinajstić information content (AvgIpc) is 2.69. The summed E-state index contributed by atoms with van der Waals surface area (Å²) in [7, 11) is -5.00. The standard InChI is InChI=1S/C11H6F3NO5S/c12-11(13,14)7-3-1-2-4-8(7)21(18,19)20-15-9(16)5-6-10(15)17/h1-6H. The Morgan fingerprint density at radius 3 is 2.05 bits per heavy atom. The third-order valence-corrected chi connectivity index (χ3v) is 3.64. The van der Waals surface area contributed by atoms with Crippen LogP contribution < -0.4 is 0 Å². The fourth-order valence-electron chi connectivity index (χ4n) is 1.52. The lowest BCUT2D eigenvalue weighted by Gasteiger charge is -2.16. The van der Waals surface area contributed by atoms with Crippen LogP contribution in [0.25, 0.3) is 0 Å². The molecule has 0 saturated heterocycles. The van der Waals surface area contributed by atoms with Gasteiger partial charge in [0.05, 0.1) is 5.56 Å². The van der Waals surface area contributed by atoms with Crippen LogP contribution in [0.1, 0.15) is 5.56 Å². The molecule has 0 radical (unpaired) electrons. The lowest BCUT2D eigenvalue weighted by atomic mass is 10.2. The maximum atomic E-state index is 12.8. The zero-order valence-electron chi connectivity index (χ0n) is 9.99. The van der Waals surface area contributed by atoms with Gasteiger partial charge in [0.1, 0.15) is 4.90 Å². The number of carbonyl (C=O) groups is 2. The van der Waals surface area contributed by atoms with Gasteiger partial charge in [0.15, 0.2) is 0 Å². The maximum Gasteiger partial charge on any atom is 0.417 e. The Bertz CT molecular complexity index is 720. The van der Waals surface area contributed by atoms with Gasteiger partial charge in [0.2, 0.25) is 0 Å². The van der Waals surface area contributed by atoms with E-state index >= 15 is 0 Å². The van der Waals surface area contributed by atoms with E-state index in [0.29, 0.717) is 12.1 Å². The fraction of sp³-hybridized carbons (Fsp3) is 0.0909. The molecule has 2 amide bonds. The van der Waals surface area contributed by atoms with Crippen LogP contribution in [0.3, 0.4) is 0 Å². The molecule has 1 heterocycles. The van der Waals surface area contributed by atoms with Crippen LogP contribution in [0.4, 0.5) is 13.2 Å². The zero-order valence-corrected chi connectivity index (χ0v) is 10.8. The van der Waals surface area contributed by atoms with Crippen molar-refractivity contribution in [3.05, 3.63) is 42.0 Å². The summed E-state index contributed by atoms with van der Waals surface area (Å²) in [6.45, 7) is 0. The van der Waals surface area contributed by atoms with Crippen molar-refractivity contribution >= 4 is 21.9 Å². The first kappa shape index (κ1) is 15.2. The molecule has 21 heavy (non-hydrogen) atoms. The first-order chi connectivity index (χ1) is 9.63. The highest BCUT2D eigenvalue weighted by Gasteiger charge is 2.39. The van der Waals surface area contributed by atoms with E-state index in [1.54, 1.807) is 0 Å². The molecule has 0 N–H and O–H groups in total. The van der Waals surface area contributed by atoms with Gasteiger partial charge in [-0.05, 0) is 12.1 Å². The predicted octanol–water partition coefficient (Wildman–Crippen LogP) is 1.25. The smallest absolute Gasteiger partial charge is 0.267 e. The molecule has 10 heteroatoms. The van der Waals surface area contributed by atoms with Crippen LogP contribution in [-0.2, 0) is 30.2 Å². The molecule has 112 valence electrons. The number of alkyl halides is 3. The molecule has 6 nitrogen and oxygen atoms in total. The largest absolute Gasteiger partial charge is 0.417 e. The Morgan fingerprint density at radius 2 is 1.52 bits per heavy atom. The second-order valence-corrected chi connectivity index (χ2v) is 5.32. The first-order valence-corrected chi connectivity index (χ1v) is 6.71. The number of halogens is 3. The molecule has 0 atom stereocenters. The Labute approximate surface area is 116 Å². The molecule has 0 saturated carbocycles. The summed E-state index contributed by atoms with van der Waals surface area (Å²) in [5.41, 5.74) is -1.46. The minimum Gasteiger partial charge on any atom is -0.267 e. The van der Waals surface area contributed by atoms with Gasteiger partial charge in [0, 0.05) is 12.2 Å². The zero-order chi connectivity index (χ0) is 15.8. The van der Waals surface area contributed by atoms with Crippen molar-refractivity contribution in [2.24, 2.45) is 0 Å². The molecule has 1 aromatic carbocycles. The number of hydroxylamine groups is 2. The number of nitrogens with zero attached hydrogens (tertiary/aromatic N) is 1. The van der Waals surface area contributed by atoms with Crippen molar-refractivity contribution in [1.82, 2.24) is 5.06 Å². The molecule has 0 aliphatic carbocycles. The number of imide groups is 1. The van der Waals surface area contributed by atoms with E-state index in [9.17, 15) is 31.2 Å². The van der Waals surface area contributed by atoms with E-state index in [4.69, 9.17) is 0 Å². The van der Waals surface area contributed by atoms with E-state index in [2.05, 4.69) is 4.28 Å². The minimum atomic E-state index is -5.00. The van der Waals surface area contributed by atoms with Crippen molar-refractivity contribution in [1.29, 1.82) is 0 Å². The summed E-state index contributed by atoms with van der Waals surface area (Å²) in [4.78, 5) is 21.2. The lowest BCUT2D eigenvalue weighted by molar-refractivity contribution is -0.161. The summed E-state index contributed by atoms with van der Waals surface area (Å²) in [6, 6.07) is 3.26. The molecule has 0 unspecified atom stereocenters. The Kier molecular flexibility index (Phi) is 3.59. The molecule has 1 aliphatic heterocycles. The molecule has 0 fully saturated rings. The van der Waals surface area contributed by atoms with Gasteiger partial charge in [-0.3, -0.25) is 9.59 Å². The monoisotopic (exact) mass is 321 g/mol. The Hall–Kier alpha value is -2.20. The SMILES string of the molecule is O=C1C=CC(=O)N1OS(=O)(=O)c1ccccc1C(F)(F)F. The number of amides is 2. The van der Waals surface area contributed by atoms with Gasteiger partial charge in [-0.15, -0.1) is 9.35 Å². The number of hydrogen-bond acceptors (Lipinski definition) is 5. The second kappa shape index (κ2) is 4.97. The van der Waals surface area contributed by atoms with Gasteiger partial charge in [0.25, 0.3) is 11.8 Å². The van der Waals surface area contributed by atoms with Crippen molar-refractivity contribution in [3.8, 4) is 0 Å². The molecule has 0 spiro atoms. The molecule has 1 aromatic rings. The molecule has 0 bridgehead atoms. The third kappa shape index (κ3) is 2.95. The van der Waals surface area contributed by atoms with Crippen molar-refractivity contribution in [3.63, 3.8) is 0 Å². The van der Waals surface area contributed by atoms with Gasteiger partial charge >= 0.3 is 16.3 Å². The first-order valence-electron chi connectivity index (χ1n) is 5.30. The topological polar surface area (TPSA) is 80.8 Å². The van der Waals surface area contributed by atoms with Crippen molar-refractivity contribution < 1.29 is 35.5 Å². The summed E-state index contributed by atoms with van der Waals surface area (Å²) < 4.78 is 66.2. The number of hydrogen-bond donors (Lipinski definition) is 0. The molecular formula is C11H6F3NO5S. The van der Waals surface area contributed by atoms with Crippen molar-refractivity contribution in [2.45, 2.75) is 11.1 Å². The number of benzene rings is 1. The van der Waals surface area contributed by atoms with Crippen molar-refractivity contribution in [2.75, 3.05) is 0 Å². The van der Waals surface area contributed by atoms with Gasteiger partial charge in [-0.1, -0.05) is 12.1 Å². The van der Waals surface area contributed by atoms with Crippen LogP contribution in [0, 0.1) is 0 Å². The molecule has 2 rings (SSSR count). The third-order valence-electron chi connectivity index (χ3n) is 2.40. The van der Waals surface area contributed by atoms with Gasteiger partial charge in [-0.25, -0.2) is 0 Å². The maximum absolute atomic E-state index is 12.8. The van der Waals surface area contributed by atoms with Gasteiger partial charge in [-0.2, -0.15) is 21.6 Å². The van der Waals surface area contributed by atoms with Crippen LogP contribution in [0.15, 0.2) is 41.3 Å². The quantitative estimate of drug-likeness (QED) is 0.783. The van der Waals surface area contributed by atoms with Crippen LogP contribution in [0.2, 0.25) is 0 Å². The normalized spacial score (nSPS) is 15.9. The molecule has 1 aliphatic rings. The van der Waals surface area contributed by atoms with E-state index in [-0.39, 0.29) is 5.06 Å². The van der Waals surface area contributed by atoms with E-state index in [1.165, 1.54) is 0 Å². The van der Waals surface area contributed by atoms with Gasteiger partial charge < -0.3 is 0 Å². The summed E-state index contributed by atoms with van der Waals surface area (Å²) in [5, 5.41) is -0.136. The highest BCUT2D eigenvalue weighted by molar-refractivity contribution is 7.86. The fourth-order valence-corrected chi connectivity index (χ4v) is 2.64. The summed E-state index contributed by atoms with van der Waals surface area (Å²) in [5.74, 6) is -2.21. The molecule has 0 aromatic heterocycles. The minimum absolute atomic E-state index is 0.136. The van der Waals surface area contributed by atoms with Crippen LogP contribution in [0.5, 0.6) is 0 Å². The lowest BCUT2D eigenvalue weighted by Crippen LogP contribution is -2.33. The highest BCUT2D eigenvalue weighted by atomic mass is 32.2. The number of rotatable bonds is 3.